The minimum absolute atomic E-state index is 0.153. The van der Waals surface area contributed by atoms with Gasteiger partial charge in [0.1, 0.15) is 23.9 Å². The van der Waals surface area contributed by atoms with Crippen molar-refractivity contribution in [2.75, 3.05) is 7.11 Å². The highest BCUT2D eigenvalue weighted by Crippen LogP contribution is 2.38. The van der Waals surface area contributed by atoms with Gasteiger partial charge in [0.2, 0.25) is 5.78 Å². The summed E-state index contributed by atoms with van der Waals surface area (Å²) < 4.78 is 19.3. The second-order valence-corrected chi connectivity index (χ2v) is 9.00. The number of Topliss-reactive ketones (excluding diaryl/α,β-unsaturated/α-hetero) is 1. The van der Waals surface area contributed by atoms with E-state index in [0.29, 0.717) is 27.1 Å². The molecule has 1 aromatic heterocycles. The van der Waals surface area contributed by atoms with Crippen molar-refractivity contribution < 1.29 is 19.0 Å². The molecule has 34 heavy (non-hydrogen) atoms. The van der Waals surface area contributed by atoms with Gasteiger partial charge in [-0.3, -0.25) is 4.79 Å². The molecule has 1 aliphatic heterocycles. The van der Waals surface area contributed by atoms with Crippen molar-refractivity contribution in [3.05, 3.63) is 92.8 Å². The molecule has 0 radical (unpaired) electrons. The van der Waals surface area contributed by atoms with Gasteiger partial charge in [-0.15, -0.1) is 0 Å². The van der Waals surface area contributed by atoms with E-state index in [9.17, 15) is 4.79 Å². The fourth-order valence-electron chi connectivity index (χ4n) is 4.15. The van der Waals surface area contributed by atoms with Gasteiger partial charge < -0.3 is 18.8 Å². The van der Waals surface area contributed by atoms with Gasteiger partial charge in [-0.2, -0.15) is 0 Å². The molecule has 0 fully saturated rings. The number of methoxy groups -OCH3 is 1. The number of halogens is 2. The van der Waals surface area contributed by atoms with Gasteiger partial charge in [-0.05, 0) is 55.0 Å². The van der Waals surface area contributed by atoms with Crippen LogP contribution in [-0.4, -0.2) is 17.5 Å². The topological polar surface area (TPSA) is 49.7 Å². The van der Waals surface area contributed by atoms with Gasteiger partial charge >= 0.3 is 0 Å². The Morgan fingerprint density at radius 1 is 1.06 bits per heavy atom. The van der Waals surface area contributed by atoms with Gasteiger partial charge in [-0.1, -0.05) is 29.3 Å². The van der Waals surface area contributed by atoms with Crippen molar-refractivity contribution >= 4 is 46.0 Å². The van der Waals surface area contributed by atoms with Gasteiger partial charge in [0.05, 0.1) is 12.7 Å². The Bertz CT molecular complexity index is 1490. The maximum absolute atomic E-state index is 13.2. The predicted molar refractivity (Wildman–Crippen MR) is 134 cm³/mol. The van der Waals surface area contributed by atoms with E-state index in [0.717, 1.165) is 33.3 Å². The molecule has 172 valence electrons. The number of hydrogen-bond donors (Lipinski definition) is 0. The van der Waals surface area contributed by atoms with Crippen molar-refractivity contribution in [1.29, 1.82) is 0 Å². The standard InChI is InChI=1S/C27H21Cl2NO4/c1-15-8-20(33-14-16-4-5-18(28)10-22(16)29)12-24-26(15)27(31)25(34-24)9-17-13-30(2)23-7-6-19(32-3)11-21(17)23/h4-13H,14H2,1-3H3/b25-9-. The Morgan fingerprint density at radius 3 is 2.65 bits per heavy atom. The summed E-state index contributed by atoms with van der Waals surface area (Å²) in [5.74, 6) is 1.93. The average molecular weight is 494 g/mol. The third kappa shape index (κ3) is 4.02. The molecule has 0 amide bonds. The highest BCUT2D eigenvalue weighted by molar-refractivity contribution is 6.35. The van der Waals surface area contributed by atoms with Crippen LogP contribution in [0, 0.1) is 6.92 Å². The number of ether oxygens (including phenoxy) is 3. The number of allylic oxidation sites excluding steroid dienone is 1. The van der Waals surface area contributed by atoms with Crippen LogP contribution in [0.4, 0.5) is 0 Å². The van der Waals surface area contributed by atoms with Crippen LogP contribution in [0.2, 0.25) is 10.0 Å². The number of carbonyl (C=O) groups is 1. The fraction of sp³-hybridized carbons (Fsp3) is 0.148. The molecule has 3 aromatic carbocycles. The number of benzene rings is 3. The second-order valence-electron chi connectivity index (χ2n) is 8.16. The Morgan fingerprint density at radius 2 is 1.88 bits per heavy atom. The van der Waals surface area contributed by atoms with Gasteiger partial charge in [0, 0.05) is 51.4 Å². The van der Waals surface area contributed by atoms with E-state index < -0.39 is 0 Å². The molecule has 5 nitrogen and oxygen atoms in total. The van der Waals surface area contributed by atoms with E-state index in [4.69, 9.17) is 37.4 Å². The van der Waals surface area contributed by atoms with Crippen molar-refractivity contribution in [2.45, 2.75) is 13.5 Å². The summed E-state index contributed by atoms with van der Waals surface area (Å²) in [6.07, 6.45) is 3.74. The van der Waals surface area contributed by atoms with Crippen LogP contribution in [-0.2, 0) is 13.7 Å². The van der Waals surface area contributed by atoms with E-state index >= 15 is 0 Å². The molecule has 2 heterocycles. The van der Waals surface area contributed by atoms with Gasteiger partial charge in [0.25, 0.3) is 0 Å². The zero-order chi connectivity index (χ0) is 24.0. The summed E-state index contributed by atoms with van der Waals surface area (Å²) >= 11 is 12.2. The molecule has 7 heteroatoms. The molecule has 0 aliphatic carbocycles. The first-order valence-corrected chi connectivity index (χ1v) is 11.4. The van der Waals surface area contributed by atoms with Crippen LogP contribution in [0.5, 0.6) is 17.2 Å². The number of aromatic nitrogens is 1. The molecule has 4 aromatic rings. The number of ketones is 1. The number of hydrogen-bond acceptors (Lipinski definition) is 4. The maximum atomic E-state index is 13.2. The quantitative estimate of drug-likeness (QED) is 0.281. The molecule has 1 aliphatic rings. The predicted octanol–water partition coefficient (Wildman–Crippen LogP) is 7.00. The minimum atomic E-state index is -0.153. The van der Waals surface area contributed by atoms with Crippen molar-refractivity contribution in [1.82, 2.24) is 4.57 Å². The number of carbonyl (C=O) groups excluding carboxylic acids is 1. The molecule has 0 saturated heterocycles. The normalized spacial score (nSPS) is 13.9. The number of rotatable bonds is 5. The smallest absolute Gasteiger partial charge is 0.232 e. The van der Waals surface area contributed by atoms with Crippen molar-refractivity contribution in [3.63, 3.8) is 0 Å². The minimum Gasteiger partial charge on any atom is -0.497 e. The van der Waals surface area contributed by atoms with Crippen LogP contribution >= 0.6 is 23.2 Å². The average Bonchev–Trinajstić information content (AvgIpc) is 3.29. The number of nitrogens with zero attached hydrogens (tertiary/aromatic N) is 1. The maximum Gasteiger partial charge on any atom is 0.232 e. The van der Waals surface area contributed by atoms with Crippen LogP contribution in [0.15, 0.2) is 60.5 Å². The summed E-state index contributed by atoms with van der Waals surface area (Å²) in [7, 11) is 3.59. The van der Waals surface area contributed by atoms with E-state index in [-0.39, 0.29) is 18.1 Å². The lowest BCUT2D eigenvalue weighted by Crippen LogP contribution is -2.00. The first kappa shape index (κ1) is 22.4. The SMILES string of the molecule is COc1ccc2c(c1)c(/C=C1\Oc3cc(OCc4ccc(Cl)cc4Cl)cc(C)c3C1=O)cn2C. The molecular weight excluding hydrogens is 473 g/mol. The van der Waals surface area contributed by atoms with E-state index in [1.165, 1.54) is 0 Å². The lowest BCUT2D eigenvalue weighted by atomic mass is 10.0. The fourth-order valence-corrected chi connectivity index (χ4v) is 4.61. The van der Waals surface area contributed by atoms with Crippen molar-refractivity contribution in [3.8, 4) is 17.2 Å². The van der Waals surface area contributed by atoms with E-state index in [1.54, 1.807) is 31.4 Å². The van der Waals surface area contributed by atoms with E-state index in [1.807, 2.05) is 55.1 Å². The molecule has 0 unspecified atom stereocenters. The first-order chi connectivity index (χ1) is 16.3. The highest BCUT2D eigenvalue weighted by Gasteiger charge is 2.30. The lowest BCUT2D eigenvalue weighted by molar-refractivity contribution is 0.101. The summed E-state index contributed by atoms with van der Waals surface area (Å²) in [5, 5.41) is 2.08. The Kier molecular flexibility index (Phi) is 5.76. The summed E-state index contributed by atoms with van der Waals surface area (Å²) in [4.78, 5) is 13.2. The molecule has 0 saturated carbocycles. The molecule has 0 N–H and O–H groups in total. The monoisotopic (exact) mass is 493 g/mol. The third-order valence-electron chi connectivity index (χ3n) is 5.87. The van der Waals surface area contributed by atoms with Crippen LogP contribution < -0.4 is 14.2 Å². The third-order valence-corrected chi connectivity index (χ3v) is 6.45. The van der Waals surface area contributed by atoms with Gasteiger partial charge in [0.15, 0.2) is 5.76 Å². The Hall–Kier alpha value is -3.41. The van der Waals surface area contributed by atoms with Crippen molar-refractivity contribution in [2.24, 2.45) is 7.05 Å². The van der Waals surface area contributed by atoms with Crippen LogP contribution in [0.3, 0.4) is 0 Å². The van der Waals surface area contributed by atoms with Crippen LogP contribution in [0.25, 0.3) is 17.0 Å². The Balaban J connectivity index is 1.44. The number of aryl methyl sites for hydroxylation is 2. The molecular formula is C27H21Cl2NO4. The highest BCUT2D eigenvalue weighted by atomic mass is 35.5. The zero-order valence-corrected chi connectivity index (χ0v) is 20.3. The molecule has 5 rings (SSSR count). The summed E-state index contributed by atoms with van der Waals surface area (Å²) in [6, 6.07) is 14.7. The lowest BCUT2D eigenvalue weighted by Gasteiger charge is -2.10. The summed E-state index contributed by atoms with van der Waals surface area (Å²) in [6.45, 7) is 2.14. The summed E-state index contributed by atoms with van der Waals surface area (Å²) in [5.41, 5.74) is 4.04. The first-order valence-electron chi connectivity index (χ1n) is 10.6. The largest absolute Gasteiger partial charge is 0.497 e. The molecule has 0 atom stereocenters. The Labute approximate surface area is 207 Å². The second kappa shape index (κ2) is 8.75. The zero-order valence-electron chi connectivity index (χ0n) is 18.8. The molecule has 0 spiro atoms. The number of fused-ring (bicyclic) bond motifs is 2. The van der Waals surface area contributed by atoms with Crippen LogP contribution in [0.1, 0.15) is 27.0 Å². The molecule has 0 bridgehead atoms. The van der Waals surface area contributed by atoms with E-state index in [2.05, 4.69) is 0 Å². The van der Waals surface area contributed by atoms with Gasteiger partial charge in [-0.25, -0.2) is 0 Å².